The number of anilines is 1. The van der Waals surface area contributed by atoms with E-state index in [2.05, 4.69) is 0 Å². The summed E-state index contributed by atoms with van der Waals surface area (Å²) in [6.45, 7) is 1.36. The van der Waals surface area contributed by atoms with Crippen LogP contribution in [0.15, 0.2) is 12.1 Å². The third-order valence-electron chi connectivity index (χ3n) is 4.20. The van der Waals surface area contributed by atoms with Crippen molar-refractivity contribution in [2.24, 2.45) is 0 Å². The Bertz CT molecular complexity index is 491. The summed E-state index contributed by atoms with van der Waals surface area (Å²) < 4.78 is 22.4. The van der Waals surface area contributed by atoms with Crippen molar-refractivity contribution < 1.29 is 18.9 Å². The maximum atomic E-state index is 6.07. The van der Waals surface area contributed by atoms with Crippen molar-refractivity contribution in [1.29, 1.82) is 0 Å². The van der Waals surface area contributed by atoms with E-state index in [1.807, 2.05) is 12.1 Å². The normalized spacial score (nSPS) is 25.2. The molecule has 1 saturated carbocycles. The molecule has 0 aromatic heterocycles. The molecule has 1 fully saturated rings. The van der Waals surface area contributed by atoms with E-state index >= 15 is 0 Å². The van der Waals surface area contributed by atoms with Crippen LogP contribution in [0.5, 0.6) is 5.75 Å². The molecule has 2 unspecified atom stereocenters. The Kier molecular flexibility index (Phi) is 4.63. The highest BCUT2D eigenvalue weighted by atomic mass is 16.7. The molecule has 2 atom stereocenters. The van der Waals surface area contributed by atoms with Crippen LogP contribution in [-0.4, -0.2) is 26.1 Å². The first-order valence-corrected chi connectivity index (χ1v) is 7.52. The van der Waals surface area contributed by atoms with Crippen LogP contribution < -0.4 is 10.5 Å². The molecular formula is C16H23NO4. The first-order valence-electron chi connectivity index (χ1n) is 7.52. The molecule has 5 nitrogen and oxygen atoms in total. The van der Waals surface area contributed by atoms with Gasteiger partial charge in [0, 0.05) is 23.9 Å². The van der Waals surface area contributed by atoms with Gasteiger partial charge in [-0.25, -0.2) is 0 Å². The number of benzene rings is 1. The summed E-state index contributed by atoms with van der Waals surface area (Å²) in [5, 5.41) is 0. The molecule has 2 aliphatic rings. The van der Waals surface area contributed by atoms with E-state index in [0.29, 0.717) is 26.1 Å². The van der Waals surface area contributed by atoms with Crippen molar-refractivity contribution >= 4 is 5.69 Å². The molecule has 21 heavy (non-hydrogen) atoms. The van der Waals surface area contributed by atoms with Crippen LogP contribution in [0, 0.1) is 0 Å². The second kappa shape index (κ2) is 6.64. The van der Waals surface area contributed by atoms with Gasteiger partial charge in [-0.3, -0.25) is 0 Å². The second-order valence-corrected chi connectivity index (χ2v) is 5.74. The molecule has 1 aliphatic carbocycles. The molecule has 1 aliphatic heterocycles. The Morgan fingerprint density at radius 1 is 1.29 bits per heavy atom. The first-order chi connectivity index (χ1) is 10.3. The third-order valence-corrected chi connectivity index (χ3v) is 4.20. The van der Waals surface area contributed by atoms with Gasteiger partial charge in [-0.1, -0.05) is 0 Å². The van der Waals surface area contributed by atoms with Crippen LogP contribution in [0.1, 0.15) is 36.8 Å². The van der Waals surface area contributed by atoms with Crippen LogP contribution in [0.3, 0.4) is 0 Å². The average Bonchev–Trinajstić information content (AvgIpc) is 2.52. The number of ether oxygens (including phenoxy) is 4. The molecule has 0 saturated heterocycles. The molecule has 0 radical (unpaired) electrons. The monoisotopic (exact) mass is 293 g/mol. The zero-order chi connectivity index (χ0) is 14.7. The summed E-state index contributed by atoms with van der Waals surface area (Å²) in [6, 6.07) is 3.83. The first kappa shape index (κ1) is 14.6. The highest BCUT2D eigenvalue weighted by molar-refractivity contribution is 5.53. The molecular weight excluding hydrogens is 270 g/mol. The number of hydrogen-bond donors (Lipinski definition) is 1. The molecule has 5 heteroatoms. The molecule has 2 N–H and O–H groups in total. The van der Waals surface area contributed by atoms with E-state index in [9.17, 15) is 0 Å². The van der Waals surface area contributed by atoms with Crippen LogP contribution in [0.25, 0.3) is 0 Å². The minimum Gasteiger partial charge on any atom is -0.467 e. The van der Waals surface area contributed by atoms with Crippen molar-refractivity contribution in [3.8, 4) is 5.75 Å². The molecule has 0 amide bonds. The van der Waals surface area contributed by atoms with Crippen LogP contribution >= 0.6 is 0 Å². The van der Waals surface area contributed by atoms with Crippen molar-refractivity contribution in [3.63, 3.8) is 0 Å². The van der Waals surface area contributed by atoms with Gasteiger partial charge in [0.1, 0.15) is 5.75 Å². The number of hydrogen-bond acceptors (Lipinski definition) is 5. The largest absolute Gasteiger partial charge is 0.467 e. The summed E-state index contributed by atoms with van der Waals surface area (Å²) in [6.07, 6.45) is 4.91. The minimum atomic E-state index is 0.251. The highest BCUT2D eigenvalue weighted by Crippen LogP contribution is 2.32. The average molecular weight is 293 g/mol. The lowest BCUT2D eigenvalue weighted by atomic mass is 9.95. The topological polar surface area (TPSA) is 62.9 Å². The minimum absolute atomic E-state index is 0.251. The molecule has 1 aromatic rings. The molecule has 116 valence electrons. The zero-order valence-electron chi connectivity index (χ0n) is 12.5. The maximum Gasteiger partial charge on any atom is 0.189 e. The Morgan fingerprint density at radius 2 is 2.14 bits per heavy atom. The molecule has 1 heterocycles. The highest BCUT2D eigenvalue weighted by Gasteiger charge is 2.23. The van der Waals surface area contributed by atoms with Gasteiger partial charge >= 0.3 is 0 Å². The van der Waals surface area contributed by atoms with Gasteiger partial charge in [-0.05, 0) is 37.8 Å². The Balaban J connectivity index is 1.66. The van der Waals surface area contributed by atoms with E-state index in [0.717, 1.165) is 48.2 Å². The quantitative estimate of drug-likeness (QED) is 0.865. The fourth-order valence-corrected chi connectivity index (χ4v) is 3.11. The van der Waals surface area contributed by atoms with Gasteiger partial charge < -0.3 is 24.7 Å². The lowest BCUT2D eigenvalue weighted by Crippen LogP contribution is -2.27. The molecule has 0 spiro atoms. The molecule has 3 rings (SSSR count). The number of methoxy groups -OCH3 is 1. The smallest absolute Gasteiger partial charge is 0.189 e. The Hall–Kier alpha value is -1.30. The maximum absolute atomic E-state index is 6.07. The van der Waals surface area contributed by atoms with Crippen LogP contribution in [-0.2, 0) is 27.4 Å². The Morgan fingerprint density at radius 3 is 3.00 bits per heavy atom. The van der Waals surface area contributed by atoms with E-state index in [4.69, 9.17) is 24.7 Å². The lowest BCUT2D eigenvalue weighted by Gasteiger charge is -2.29. The van der Waals surface area contributed by atoms with Crippen molar-refractivity contribution in [1.82, 2.24) is 0 Å². The summed E-state index contributed by atoms with van der Waals surface area (Å²) >= 11 is 0. The predicted molar refractivity (Wildman–Crippen MR) is 79.0 cm³/mol. The van der Waals surface area contributed by atoms with Gasteiger partial charge in [-0.15, -0.1) is 0 Å². The molecule has 0 bridgehead atoms. The Labute approximate surface area is 125 Å². The van der Waals surface area contributed by atoms with Crippen molar-refractivity contribution in [2.75, 3.05) is 19.6 Å². The lowest BCUT2D eigenvalue weighted by molar-refractivity contribution is -0.0405. The van der Waals surface area contributed by atoms with Crippen molar-refractivity contribution in [3.05, 3.63) is 23.3 Å². The van der Waals surface area contributed by atoms with Crippen molar-refractivity contribution in [2.45, 2.75) is 51.1 Å². The van der Waals surface area contributed by atoms with Gasteiger partial charge in [-0.2, -0.15) is 0 Å². The standard InChI is InChI=1S/C16H23NO4/c1-18-14-3-2-4-15(7-14)20-9-12-6-13(17)5-11-8-19-10-21-16(11)12/h5-6,14-15H,2-4,7-10,17H2,1H3. The fourth-order valence-electron chi connectivity index (χ4n) is 3.11. The third kappa shape index (κ3) is 3.48. The van der Waals surface area contributed by atoms with E-state index < -0.39 is 0 Å². The second-order valence-electron chi connectivity index (χ2n) is 5.74. The summed E-state index contributed by atoms with van der Waals surface area (Å²) in [4.78, 5) is 0. The predicted octanol–water partition coefficient (Wildman–Crippen LogP) is 2.61. The molecule has 1 aromatic carbocycles. The van der Waals surface area contributed by atoms with E-state index in [-0.39, 0.29) is 6.10 Å². The fraction of sp³-hybridized carbons (Fsp3) is 0.625. The zero-order valence-corrected chi connectivity index (χ0v) is 12.5. The van der Waals surface area contributed by atoms with Gasteiger partial charge in [0.05, 0.1) is 25.4 Å². The van der Waals surface area contributed by atoms with E-state index in [1.165, 1.54) is 0 Å². The number of nitrogens with two attached hydrogens (primary N) is 1. The number of fused-ring (bicyclic) bond motifs is 1. The summed E-state index contributed by atoms with van der Waals surface area (Å²) in [5.74, 6) is 0.870. The number of rotatable bonds is 4. The SMILES string of the molecule is COC1CCCC(OCc2cc(N)cc3c2OCOC3)C1. The number of nitrogen functional groups attached to an aromatic ring is 1. The van der Waals surface area contributed by atoms with Gasteiger partial charge in [0.15, 0.2) is 6.79 Å². The van der Waals surface area contributed by atoms with Crippen LogP contribution in [0.2, 0.25) is 0 Å². The van der Waals surface area contributed by atoms with Crippen LogP contribution in [0.4, 0.5) is 5.69 Å². The van der Waals surface area contributed by atoms with Gasteiger partial charge in [0.25, 0.3) is 0 Å². The summed E-state index contributed by atoms with van der Waals surface area (Å²) in [7, 11) is 1.77. The van der Waals surface area contributed by atoms with Gasteiger partial charge in [0.2, 0.25) is 0 Å². The van der Waals surface area contributed by atoms with E-state index in [1.54, 1.807) is 7.11 Å². The summed E-state index contributed by atoms with van der Waals surface area (Å²) in [5.41, 5.74) is 8.68.